The zero-order chi connectivity index (χ0) is 4.28. The Morgan fingerprint density at radius 2 is 1.57 bits per heavy atom. The van der Waals surface area contributed by atoms with E-state index in [4.69, 9.17) is 28.3 Å². The zero-order valence-electron chi connectivity index (χ0n) is 3.69. The summed E-state index contributed by atoms with van der Waals surface area (Å²) < 4.78 is 0. The van der Waals surface area contributed by atoms with Crippen molar-refractivity contribution in [1.82, 2.24) is 6.15 Å². The van der Waals surface area contributed by atoms with Gasteiger partial charge in [0, 0.05) is 0 Å². The molecule has 5 heteroatoms. The molecule has 6 N–H and O–H groups in total. The standard InChI is InChI=1S/C2H4Cl2O.H3N.H2O/c3-2(4)1-5;;/h2,5H,1H2;1H3;1H2. The molecule has 0 rings (SSSR count). The van der Waals surface area contributed by atoms with Crippen molar-refractivity contribution in [2.75, 3.05) is 6.61 Å². The normalized spacial score (nSPS) is 6.86. The molecular formula is C2H9Cl2NO2. The van der Waals surface area contributed by atoms with Gasteiger partial charge in [-0.05, 0) is 0 Å². The molecule has 0 saturated heterocycles. The van der Waals surface area contributed by atoms with Crippen molar-refractivity contribution in [3.05, 3.63) is 0 Å². The van der Waals surface area contributed by atoms with Gasteiger partial charge in [-0.2, -0.15) is 0 Å². The van der Waals surface area contributed by atoms with E-state index in [1.807, 2.05) is 0 Å². The summed E-state index contributed by atoms with van der Waals surface area (Å²) in [6.07, 6.45) is 0. The van der Waals surface area contributed by atoms with E-state index in [9.17, 15) is 0 Å². The average Bonchev–Trinajstić information content (AvgIpc) is 1.38. The number of halogens is 2. The molecular weight excluding hydrogens is 141 g/mol. The summed E-state index contributed by atoms with van der Waals surface area (Å²) in [5.74, 6) is 0. The van der Waals surface area contributed by atoms with E-state index in [1.165, 1.54) is 0 Å². The lowest BCUT2D eigenvalue weighted by Gasteiger charge is -1.84. The Balaban J connectivity index is -0.0000000800. The van der Waals surface area contributed by atoms with Crippen LogP contribution in [0, 0.1) is 0 Å². The van der Waals surface area contributed by atoms with Crippen LogP contribution >= 0.6 is 23.2 Å². The molecule has 0 aliphatic rings. The molecule has 0 aliphatic carbocycles. The van der Waals surface area contributed by atoms with Gasteiger partial charge in [0.05, 0.1) is 6.61 Å². The summed E-state index contributed by atoms with van der Waals surface area (Å²) >= 11 is 9.96. The number of aliphatic hydroxyl groups excluding tert-OH is 1. The lowest BCUT2D eigenvalue weighted by molar-refractivity contribution is 0.313. The first-order valence-corrected chi connectivity index (χ1v) is 2.03. The molecule has 48 valence electrons. The number of alkyl halides is 2. The highest BCUT2D eigenvalue weighted by molar-refractivity contribution is 6.44. The Kier molecular flexibility index (Phi) is 21.6. The molecule has 0 aromatic heterocycles. The minimum atomic E-state index is -0.616. The van der Waals surface area contributed by atoms with E-state index < -0.39 is 4.84 Å². The maximum Gasteiger partial charge on any atom is 0.130 e. The summed E-state index contributed by atoms with van der Waals surface area (Å²) in [7, 11) is 0. The van der Waals surface area contributed by atoms with E-state index >= 15 is 0 Å². The Hall–Kier alpha value is 0.460. The van der Waals surface area contributed by atoms with Gasteiger partial charge in [0.2, 0.25) is 0 Å². The van der Waals surface area contributed by atoms with Gasteiger partial charge in [0.15, 0.2) is 0 Å². The van der Waals surface area contributed by atoms with Gasteiger partial charge in [0.25, 0.3) is 0 Å². The highest BCUT2D eigenvalue weighted by Gasteiger charge is 1.88. The van der Waals surface area contributed by atoms with E-state index in [0.717, 1.165) is 0 Å². The third-order valence-corrected chi connectivity index (χ3v) is 0.414. The van der Waals surface area contributed by atoms with Crippen molar-refractivity contribution in [1.29, 1.82) is 0 Å². The molecule has 0 atom stereocenters. The molecule has 7 heavy (non-hydrogen) atoms. The quantitative estimate of drug-likeness (QED) is 0.520. The SMILES string of the molecule is N.O.OCC(Cl)Cl. The molecule has 0 saturated carbocycles. The topological polar surface area (TPSA) is 86.7 Å². The predicted octanol–water partition coefficient (Wildman–Crippen LogP) is 0.120. The second-order valence-corrected chi connectivity index (χ2v) is 1.85. The predicted molar refractivity (Wildman–Crippen MR) is 31.2 cm³/mol. The maximum absolute atomic E-state index is 7.88. The minimum absolute atomic E-state index is 0. The van der Waals surface area contributed by atoms with Crippen LogP contribution in [0.3, 0.4) is 0 Å². The van der Waals surface area contributed by atoms with Crippen LogP contribution in [0.5, 0.6) is 0 Å². The Morgan fingerprint density at radius 1 is 1.43 bits per heavy atom. The highest BCUT2D eigenvalue weighted by atomic mass is 35.5. The molecule has 0 aliphatic heterocycles. The van der Waals surface area contributed by atoms with E-state index in [2.05, 4.69) is 0 Å². The minimum Gasteiger partial charge on any atom is -0.412 e. The van der Waals surface area contributed by atoms with Gasteiger partial charge >= 0.3 is 0 Å². The molecule has 0 amide bonds. The maximum atomic E-state index is 7.88. The summed E-state index contributed by atoms with van der Waals surface area (Å²) in [5, 5.41) is 7.88. The Labute approximate surface area is 52.1 Å². The van der Waals surface area contributed by atoms with Crippen molar-refractivity contribution < 1.29 is 10.6 Å². The summed E-state index contributed by atoms with van der Waals surface area (Å²) in [6, 6.07) is 0. The van der Waals surface area contributed by atoms with Crippen molar-refractivity contribution in [3.63, 3.8) is 0 Å². The molecule has 0 unspecified atom stereocenters. The van der Waals surface area contributed by atoms with Gasteiger partial charge in [0.1, 0.15) is 4.84 Å². The van der Waals surface area contributed by atoms with Gasteiger partial charge in [-0.25, -0.2) is 0 Å². The Bertz CT molecular complexity index is 27.7. The molecule has 3 nitrogen and oxygen atoms in total. The number of hydrogen-bond donors (Lipinski definition) is 2. The van der Waals surface area contributed by atoms with Gasteiger partial charge in [-0.15, -0.1) is 23.2 Å². The van der Waals surface area contributed by atoms with Crippen molar-refractivity contribution in [2.45, 2.75) is 4.84 Å². The van der Waals surface area contributed by atoms with Gasteiger partial charge < -0.3 is 16.7 Å². The van der Waals surface area contributed by atoms with Crippen LogP contribution in [0.4, 0.5) is 0 Å². The van der Waals surface area contributed by atoms with Crippen molar-refractivity contribution in [2.24, 2.45) is 0 Å². The highest BCUT2D eigenvalue weighted by Crippen LogP contribution is 1.96. The summed E-state index contributed by atoms with van der Waals surface area (Å²) in [6.45, 7) is -0.164. The first-order chi connectivity index (χ1) is 2.27. The number of aliphatic hydroxyl groups is 1. The van der Waals surface area contributed by atoms with Crippen LogP contribution in [-0.4, -0.2) is 22.0 Å². The van der Waals surface area contributed by atoms with E-state index in [-0.39, 0.29) is 18.2 Å². The molecule has 0 heterocycles. The number of hydrogen-bond acceptors (Lipinski definition) is 2. The van der Waals surface area contributed by atoms with Crippen LogP contribution in [0.25, 0.3) is 0 Å². The van der Waals surface area contributed by atoms with Crippen LogP contribution in [0.2, 0.25) is 0 Å². The lowest BCUT2D eigenvalue weighted by atomic mass is 10.9. The molecule has 0 aromatic carbocycles. The van der Waals surface area contributed by atoms with E-state index in [1.54, 1.807) is 0 Å². The number of rotatable bonds is 1. The van der Waals surface area contributed by atoms with Crippen LogP contribution in [-0.2, 0) is 0 Å². The monoisotopic (exact) mass is 149 g/mol. The summed E-state index contributed by atoms with van der Waals surface area (Å²) in [5.41, 5.74) is 0. The third kappa shape index (κ3) is 21.2. The fraction of sp³-hybridized carbons (Fsp3) is 1.00. The first-order valence-electron chi connectivity index (χ1n) is 1.16. The largest absolute Gasteiger partial charge is 0.412 e. The zero-order valence-corrected chi connectivity index (χ0v) is 5.21. The summed E-state index contributed by atoms with van der Waals surface area (Å²) in [4.78, 5) is -0.616. The van der Waals surface area contributed by atoms with E-state index in [0.29, 0.717) is 0 Å². The fourth-order valence-corrected chi connectivity index (χ4v) is 0. The Morgan fingerprint density at radius 3 is 1.57 bits per heavy atom. The molecule has 0 spiro atoms. The van der Waals surface area contributed by atoms with Crippen molar-refractivity contribution >= 4 is 23.2 Å². The first kappa shape index (κ1) is 15.7. The van der Waals surface area contributed by atoms with Crippen LogP contribution < -0.4 is 6.15 Å². The third-order valence-electron chi connectivity index (χ3n) is 0.138. The second kappa shape index (κ2) is 9.68. The van der Waals surface area contributed by atoms with Crippen LogP contribution in [0.1, 0.15) is 0 Å². The van der Waals surface area contributed by atoms with Crippen LogP contribution in [0.15, 0.2) is 0 Å². The molecule has 0 bridgehead atoms. The fourth-order valence-electron chi connectivity index (χ4n) is 0. The average molecular weight is 150 g/mol. The lowest BCUT2D eigenvalue weighted by Crippen LogP contribution is -1.90. The smallest absolute Gasteiger partial charge is 0.130 e. The molecule has 0 fully saturated rings. The molecule has 0 radical (unpaired) electrons. The van der Waals surface area contributed by atoms with Crippen molar-refractivity contribution in [3.8, 4) is 0 Å². The second-order valence-electron chi connectivity index (χ2n) is 0.574. The van der Waals surface area contributed by atoms with Gasteiger partial charge in [-0.1, -0.05) is 0 Å². The van der Waals surface area contributed by atoms with Gasteiger partial charge in [-0.3, -0.25) is 0 Å². The molecule has 0 aromatic rings.